The molecule has 2 rings (SSSR count). The minimum Gasteiger partial charge on any atom is -0.439 e. The first kappa shape index (κ1) is 12.4. The zero-order valence-electron chi connectivity index (χ0n) is 10.6. The molecule has 1 aromatic carbocycles. The second kappa shape index (κ2) is 5.51. The molecular formula is C14H17N3O. The molecule has 4 nitrogen and oxygen atoms in total. The van der Waals surface area contributed by atoms with Gasteiger partial charge in [0.2, 0.25) is 5.88 Å². The van der Waals surface area contributed by atoms with Gasteiger partial charge in [0.05, 0.1) is 0 Å². The van der Waals surface area contributed by atoms with Gasteiger partial charge in [-0.3, -0.25) is 0 Å². The molecule has 94 valence electrons. The molecule has 0 atom stereocenters. The first-order chi connectivity index (χ1) is 8.69. The van der Waals surface area contributed by atoms with Crippen molar-refractivity contribution in [2.45, 2.75) is 6.54 Å². The lowest BCUT2D eigenvalue weighted by Gasteiger charge is -2.13. The van der Waals surface area contributed by atoms with Crippen LogP contribution >= 0.6 is 0 Å². The van der Waals surface area contributed by atoms with E-state index >= 15 is 0 Å². The van der Waals surface area contributed by atoms with Gasteiger partial charge in [0.25, 0.3) is 0 Å². The minimum absolute atomic E-state index is 0.489. The van der Waals surface area contributed by atoms with Crippen molar-refractivity contribution in [2.24, 2.45) is 5.73 Å². The van der Waals surface area contributed by atoms with E-state index in [9.17, 15) is 0 Å². The normalized spacial score (nSPS) is 10.2. The molecule has 0 saturated heterocycles. The van der Waals surface area contributed by atoms with Crippen molar-refractivity contribution in [1.82, 2.24) is 4.98 Å². The van der Waals surface area contributed by atoms with E-state index in [0.29, 0.717) is 12.4 Å². The molecule has 0 aliphatic heterocycles. The number of anilines is 1. The summed E-state index contributed by atoms with van der Waals surface area (Å²) >= 11 is 0. The molecule has 0 spiro atoms. The van der Waals surface area contributed by atoms with Crippen molar-refractivity contribution in [3.63, 3.8) is 0 Å². The van der Waals surface area contributed by atoms with Gasteiger partial charge in [0.15, 0.2) is 0 Å². The Morgan fingerprint density at radius 2 is 2.06 bits per heavy atom. The van der Waals surface area contributed by atoms with Crippen molar-refractivity contribution >= 4 is 5.69 Å². The van der Waals surface area contributed by atoms with Crippen LogP contribution in [0.5, 0.6) is 11.6 Å². The summed E-state index contributed by atoms with van der Waals surface area (Å²) in [7, 11) is 3.99. The number of nitrogens with zero attached hydrogens (tertiary/aromatic N) is 2. The summed E-state index contributed by atoms with van der Waals surface area (Å²) in [4.78, 5) is 6.23. The molecular weight excluding hydrogens is 226 g/mol. The Morgan fingerprint density at radius 3 is 2.67 bits per heavy atom. The first-order valence-electron chi connectivity index (χ1n) is 5.79. The van der Waals surface area contributed by atoms with Gasteiger partial charge in [-0.2, -0.15) is 0 Å². The van der Waals surface area contributed by atoms with Crippen LogP contribution in [-0.4, -0.2) is 19.1 Å². The van der Waals surface area contributed by atoms with E-state index < -0.39 is 0 Å². The largest absolute Gasteiger partial charge is 0.439 e. The number of nitrogens with two attached hydrogens (primary N) is 1. The number of hydrogen-bond donors (Lipinski definition) is 1. The van der Waals surface area contributed by atoms with Crippen molar-refractivity contribution in [3.05, 3.63) is 48.2 Å². The van der Waals surface area contributed by atoms with Crippen LogP contribution in [0.3, 0.4) is 0 Å². The van der Waals surface area contributed by atoms with Crippen LogP contribution in [0.2, 0.25) is 0 Å². The third kappa shape index (κ3) is 2.99. The third-order valence-electron chi connectivity index (χ3n) is 2.59. The van der Waals surface area contributed by atoms with Crippen LogP contribution in [-0.2, 0) is 6.54 Å². The molecule has 2 N–H and O–H groups in total. The predicted molar refractivity (Wildman–Crippen MR) is 73.0 cm³/mol. The smallest absolute Gasteiger partial charge is 0.219 e. The Kier molecular flexibility index (Phi) is 3.79. The van der Waals surface area contributed by atoms with Crippen LogP contribution in [0, 0.1) is 0 Å². The molecule has 0 aliphatic rings. The van der Waals surface area contributed by atoms with Crippen LogP contribution in [0.1, 0.15) is 5.56 Å². The zero-order chi connectivity index (χ0) is 13.0. The standard InChI is InChI=1S/C14H17N3O/c1-17(2)12-4-3-5-13(8-12)18-14-7-6-11(9-15)10-16-14/h3-8,10H,9,15H2,1-2H3. The molecule has 0 fully saturated rings. The lowest BCUT2D eigenvalue weighted by molar-refractivity contribution is 0.462. The topological polar surface area (TPSA) is 51.4 Å². The molecule has 1 aromatic heterocycles. The molecule has 2 aromatic rings. The van der Waals surface area contributed by atoms with E-state index in [2.05, 4.69) is 4.98 Å². The van der Waals surface area contributed by atoms with Gasteiger partial charge in [-0.1, -0.05) is 12.1 Å². The molecule has 18 heavy (non-hydrogen) atoms. The van der Waals surface area contributed by atoms with E-state index in [1.165, 1.54) is 0 Å². The van der Waals surface area contributed by atoms with Crippen LogP contribution < -0.4 is 15.4 Å². The summed E-state index contributed by atoms with van der Waals surface area (Å²) in [6.07, 6.45) is 1.73. The number of pyridine rings is 1. The molecule has 0 amide bonds. The van der Waals surface area contributed by atoms with Crippen molar-refractivity contribution in [3.8, 4) is 11.6 Å². The summed E-state index contributed by atoms with van der Waals surface area (Å²) in [5.41, 5.74) is 7.60. The Morgan fingerprint density at radius 1 is 1.22 bits per heavy atom. The Labute approximate surface area is 107 Å². The van der Waals surface area contributed by atoms with Gasteiger partial charge in [0.1, 0.15) is 5.75 Å². The molecule has 0 bridgehead atoms. The maximum absolute atomic E-state index is 5.69. The molecule has 0 radical (unpaired) electrons. The summed E-state index contributed by atoms with van der Waals surface area (Å²) in [5, 5.41) is 0. The van der Waals surface area contributed by atoms with Crippen LogP contribution in [0.25, 0.3) is 0 Å². The fraction of sp³-hybridized carbons (Fsp3) is 0.214. The molecule has 4 heteroatoms. The second-order valence-corrected chi connectivity index (χ2v) is 4.20. The molecule has 1 heterocycles. The highest BCUT2D eigenvalue weighted by molar-refractivity contribution is 5.50. The minimum atomic E-state index is 0.489. The number of rotatable bonds is 4. The van der Waals surface area contributed by atoms with Crippen molar-refractivity contribution in [1.29, 1.82) is 0 Å². The Balaban J connectivity index is 2.15. The average Bonchev–Trinajstić information content (AvgIpc) is 2.40. The SMILES string of the molecule is CN(C)c1cccc(Oc2ccc(CN)cn2)c1. The first-order valence-corrected chi connectivity index (χ1v) is 5.79. The fourth-order valence-corrected chi connectivity index (χ4v) is 1.54. The van der Waals surface area contributed by atoms with Gasteiger partial charge >= 0.3 is 0 Å². The Bertz CT molecular complexity index is 509. The number of hydrogen-bond acceptors (Lipinski definition) is 4. The summed E-state index contributed by atoms with van der Waals surface area (Å²) in [6.45, 7) is 0.489. The molecule has 0 unspecified atom stereocenters. The quantitative estimate of drug-likeness (QED) is 0.895. The summed E-state index contributed by atoms with van der Waals surface area (Å²) < 4.78 is 5.69. The van der Waals surface area contributed by atoms with Gasteiger partial charge < -0.3 is 15.4 Å². The highest BCUT2D eigenvalue weighted by Gasteiger charge is 2.01. The second-order valence-electron chi connectivity index (χ2n) is 4.20. The van der Waals surface area contributed by atoms with E-state index in [4.69, 9.17) is 10.5 Å². The van der Waals surface area contributed by atoms with Crippen LogP contribution in [0.15, 0.2) is 42.6 Å². The van der Waals surface area contributed by atoms with Crippen molar-refractivity contribution < 1.29 is 4.74 Å². The van der Waals surface area contributed by atoms with Gasteiger partial charge in [-0.05, 0) is 17.7 Å². The highest BCUT2D eigenvalue weighted by atomic mass is 16.5. The van der Waals surface area contributed by atoms with Crippen molar-refractivity contribution in [2.75, 3.05) is 19.0 Å². The maximum Gasteiger partial charge on any atom is 0.219 e. The van der Waals surface area contributed by atoms with Gasteiger partial charge in [-0.15, -0.1) is 0 Å². The number of benzene rings is 1. The number of aromatic nitrogens is 1. The van der Waals surface area contributed by atoms with Crippen LogP contribution in [0.4, 0.5) is 5.69 Å². The Hall–Kier alpha value is -2.07. The van der Waals surface area contributed by atoms with E-state index in [-0.39, 0.29) is 0 Å². The van der Waals surface area contributed by atoms with Gasteiger partial charge in [0, 0.05) is 44.7 Å². The summed E-state index contributed by atoms with van der Waals surface area (Å²) in [5.74, 6) is 1.34. The monoisotopic (exact) mass is 243 g/mol. The lowest BCUT2D eigenvalue weighted by Crippen LogP contribution is -2.08. The zero-order valence-corrected chi connectivity index (χ0v) is 10.6. The average molecular weight is 243 g/mol. The van der Waals surface area contributed by atoms with E-state index in [1.807, 2.05) is 55.4 Å². The predicted octanol–water partition coefficient (Wildman–Crippen LogP) is 2.40. The highest BCUT2D eigenvalue weighted by Crippen LogP contribution is 2.23. The molecule has 0 saturated carbocycles. The maximum atomic E-state index is 5.69. The third-order valence-corrected chi connectivity index (χ3v) is 2.59. The molecule has 0 aliphatic carbocycles. The number of ether oxygens (including phenoxy) is 1. The van der Waals surface area contributed by atoms with E-state index in [1.54, 1.807) is 6.20 Å². The van der Waals surface area contributed by atoms with E-state index in [0.717, 1.165) is 17.0 Å². The fourth-order valence-electron chi connectivity index (χ4n) is 1.54. The van der Waals surface area contributed by atoms with Gasteiger partial charge in [-0.25, -0.2) is 4.98 Å². The lowest BCUT2D eigenvalue weighted by atomic mass is 10.3. The summed E-state index contributed by atoms with van der Waals surface area (Å²) in [6, 6.07) is 11.6.